The third kappa shape index (κ3) is 3.44. The number of benzene rings is 1. The molecule has 2 atom stereocenters. The van der Waals surface area contributed by atoms with E-state index in [0.717, 1.165) is 31.4 Å². The van der Waals surface area contributed by atoms with E-state index in [-0.39, 0.29) is 24.1 Å². The maximum absolute atomic E-state index is 13.2. The lowest BCUT2D eigenvalue weighted by Gasteiger charge is -2.39. The molecule has 2 aliphatic heterocycles. The summed E-state index contributed by atoms with van der Waals surface area (Å²) in [5.74, 6) is 2.05. The number of carbonyl (C=O) groups is 1. The highest BCUT2D eigenvalue weighted by molar-refractivity contribution is 5.95. The highest BCUT2D eigenvalue weighted by Gasteiger charge is 2.44. The van der Waals surface area contributed by atoms with Crippen LogP contribution in [-0.2, 0) is 0 Å². The number of aromatic nitrogens is 1. The van der Waals surface area contributed by atoms with Gasteiger partial charge in [-0.2, -0.15) is 0 Å². The third-order valence-corrected chi connectivity index (χ3v) is 5.49. The topological polar surface area (TPSA) is 60.9 Å². The summed E-state index contributed by atoms with van der Waals surface area (Å²) in [6.45, 7) is 0. The van der Waals surface area contributed by atoms with Crippen molar-refractivity contribution in [3.63, 3.8) is 0 Å². The molecule has 0 saturated carbocycles. The van der Waals surface area contributed by atoms with Crippen molar-refractivity contribution in [2.45, 2.75) is 43.9 Å². The normalized spacial score (nSPS) is 23.8. The molecule has 27 heavy (non-hydrogen) atoms. The standard InChI is InChI=1S/C21H24N2O4/c1-25-19-8-5-14(10-20(19)26-2)21(24)23-15-6-7-16(23)12-18(11-15)27-17-4-3-9-22-13-17/h3-5,8-10,13,15-16,18H,6-7,11-12H2,1-2H3. The smallest absolute Gasteiger partial charge is 0.254 e. The van der Waals surface area contributed by atoms with Crippen LogP contribution in [0.5, 0.6) is 17.2 Å². The van der Waals surface area contributed by atoms with Gasteiger partial charge in [-0.25, -0.2) is 0 Å². The van der Waals surface area contributed by atoms with Gasteiger partial charge in [-0.05, 0) is 43.2 Å². The Morgan fingerprint density at radius 1 is 1.07 bits per heavy atom. The van der Waals surface area contributed by atoms with Crippen molar-refractivity contribution in [3.05, 3.63) is 48.3 Å². The predicted octanol–water partition coefficient (Wildman–Crippen LogP) is 3.31. The first-order valence-electron chi connectivity index (χ1n) is 9.31. The van der Waals surface area contributed by atoms with Crippen LogP contribution in [0.4, 0.5) is 0 Å². The summed E-state index contributed by atoms with van der Waals surface area (Å²) >= 11 is 0. The minimum atomic E-state index is 0.0586. The number of ether oxygens (including phenoxy) is 3. The second kappa shape index (κ2) is 7.47. The van der Waals surface area contributed by atoms with Gasteiger partial charge in [-0.3, -0.25) is 9.78 Å². The number of methoxy groups -OCH3 is 2. The monoisotopic (exact) mass is 368 g/mol. The molecule has 0 spiro atoms. The van der Waals surface area contributed by atoms with Crippen molar-refractivity contribution >= 4 is 5.91 Å². The van der Waals surface area contributed by atoms with Gasteiger partial charge in [-0.1, -0.05) is 0 Å². The van der Waals surface area contributed by atoms with Crippen molar-refractivity contribution in [1.29, 1.82) is 0 Å². The highest BCUT2D eigenvalue weighted by Crippen LogP contribution is 2.39. The molecule has 2 bridgehead atoms. The number of rotatable bonds is 5. The van der Waals surface area contributed by atoms with Crippen LogP contribution in [0.3, 0.4) is 0 Å². The Balaban J connectivity index is 1.48. The second-order valence-corrected chi connectivity index (χ2v) is 7.07. The fourth-order valence-corrected chi connectivity index (χ4v) is 4.28. The maximum Gasteiger partial charge on any atom is 0.254 e. The zero-order valence-electron chi connectivity index (χ0n) is 15.6. The Morgan fingerprint density at radius 3 is 2.44 bits per heavy atom. The van der Waals surface area contributed by atoms with E-state index >= 15 is 0 Å². The Morgan fingerprint density at radius 2 is 1.81 bits per heavy atom. The van der Waals surface area contributed by atoms with Crippen molar-refractivity contribution < 1.29 is 19.0 Å². The van der Waals surface area contributed by atoms with Crippen molar-refractivity contribution in [2.75, 3.05) is 14.2 Å². The van der Waals surface area contributed by atoms with Crippen LogP contribution in [0.2, 0.25) is 0 Å². The van der Waals surface area contributed by atoms with Gasteiger partial charge in [0.1, 0.15) is 11.9 Å². The number of nitrogens with zero attached hydrogens (tertiary/aromatic N) is 2. The lowest BCUT2D eigenvalue weighted by atomic mass is 9.98. The number of piperidine rings is 1. The molecule has 0 radical (unpaired) electrons. The summed E-state index contributed by atoms with van der Waals surface area (Å²) in [4.78, 5) is 19.3. The SMILES string of the molecule is COc1ccc(C(=O)N2C3CCC2CC(Oc2cccnc2)C3)cc1OC. The van der Waals surface area contributed by atoms with Crippen LogP contribution in [0.15, 0.2) is 42.7 Å². The minimum absolute atomic E-state index is 0.0586. The van der Waals surface area contributed by atoms with Gasteiger partial charge in [0.05, 0.1) is 20.4 Å². The van der Waals surface area contributed by atoms with E-state index < -0.39 is 0 Å². The van der Waals surface area contributed by atoms with E-state index in [0.29, 0.717) is 17.1 Å². The zero-order valence-corrected chi connectivity index (χ0v) is 15.6. The molecule has 0 N–H and O–H groups in total. The van der Waals surface area contributed by atoms with E-state index in [9.17, 15) is 4.79 Å². The van der Waals surface area contributed by atoms with E-state index in [1.54, 1.807) is 44.8 Å². The number of hydrogen-bond acceptors (Lipinski definition) is 5. The molecular formula is C21H24N2O4. The van der Waals surface area contributed by atoms with Crippen molar-refractivity contribution in [3.8, 4) is 17.2 Å². The number of fused-ring (bicyclic) bond motifs is 2. The molecule has 2 aromatic rings. The van der Waals surface area contributed by atoms with Crippen LogP contribution in [0.1, 0.15) is 36.0 Å². The summed E-state index contributed by atoms with van der Waals surface area (Å²) in [7, 11) is 3.17. The number of pyridine rings is 1. The molecule has 1 amide bonds. The molecular weight excluding hydrogens is 344 g/mol. The largest absolute Gasteiger partial charge is 0.493 e. The van der Waals surface area contributed by atoms with E-state index in [1.165, 1.54) is 0 Å². The molecule has 4 rings (SSSR count). The van der Waals surface area contributed by atoms with Crippen LogP contribution >= 0.6 is 0 Å². The van der Waals surface area contributed by atoms with Gasteiger partial charge in [0.2, 0.25) is 0 Å². The number of hydrogen-bond donors (Lipinski definition) is 0. The lowest BCUT2D eigenvalue weighted by molar-refractivity contribution is 0.0357. The Labute approximate surface area is 159 Å². The fourth-order valence-electron chi connectivity index (χ4n) is 4.28. The first-order valence-corrected chi connectivity index (χ1v) is 9.31. The predicted molar refractivity (Wildman–Crippen MR) is 100 cm³/mol. The van der Waals surface area contributed by atoms with Crippen molar-refractivity contribution in [2.24, 2.45) is 0 Å². The molecule has 2 aliphatic rings. The third-order valence-electron chi connectivity index (χ3n) is 5.49. The lowest BCUT2D eigenvalue weighted by Crippen LogP contribution is -2.49. The van der Waals surface area contributed by atoms with E-state index in [2.05, 4.69) is 4.98 Å². The van der Waals surface area contributed by atoms with Gasteiger partial charge in [0, 0.05) is 36.7 Å². The molecule has 1 aromatic heterocycles. The quantitative estimate of drug-likeness (QED) is 0.810. The van der Waals surface area contributed by atoms with Gasteiger partial charge in [-0.15, -0.1) is 0 Å². The first kappa shape index (κ1) is 17.6. The van der Waals surface area contributed by atoms with Crippen molar-refractivity contribution in [1.82, 2.24) is 9.88 Å². The van der Waals surface area contributed by atoms with Crippen LogP contribution in [0.25, 0.3) is 0 Å². The van der Waals surface area contributed by atoms with Gasteiger partial charge in [0.15, 0.2) is 11.5 Å². The Bertz CT molecular complexity index is 797. The van der Waals surface area contributed by atoms with E-state index in [1.807, 2.05) is 17.0 Å². The second-order valence-electron chi connectivity index (χ2n) is 7.07. The number of carbonyl (C=O) groups excluding carboxylic acids is 1. The maximum atomic E-state index is 13.2. The Kier molecular flexibility index (Phi) is 4.88. The summed E-state index contributed by atoms with van der Waals surface area (Å²) in [5, 5.41) is 0. The Hall–Kier alpha value is -2.76. The summed E-state index contributed by atoms with van der Waals surface area (Å²) in [5.41, 5.74) is 0.635. The average molecular weight is 368 g/mol. The molecule has 2 unspecified atom stereocenters. The highest BCUT2D eigenvalue weighted by atomic mass is 16.5. The van der Waals surface area contributed by atoms with Gasteiger partial charge in [0.25, 0.3) is 5.91 Å². The van der Waals surface area contributed by atoms with E-state index in [4.69, 9.17) is 14.2 Å². The molecule has 6 nitrogen and oxygen atoms in total. The molecule has 3 heterocycles. The molecule has 2 saturated heterocycles. The average Bonchev–Trinajstić information content (AvgIpc) is 2.98. The van der Waals surface area contributed by atoms with Crippen LogP contribution < -0.4 is 14.2 Å². The molecule has 0 aliphatic carbocycles. The molecule has 1 aromatic carbocycles. The number of amides is 1. The first-order chi connectivity index (χ1) is 13.2. The summed E-state index contributed by atoms with van der Waals surface area (Å²) < 4.78 is 16.7. The molecule has 2 fully saturated rings. The fraction of sp³-hybridized carbons (Fsp3) is 0.429. The van der Waals surface area contributed by atoms with Gasteiger partial charge >= 0.3 is 0 Å². The van der Waals surface area contributed by atoms with Crippen LogP contribution in [0, 0.1) is 0 Å². The zero-order chi connectivity index (χ0) is 18.8. The van der Waals surface area contributed by atoms with Crippen LogP contribution in [-0.4, -0.2) is 48.2 Å². The molecule has 142 valence electrons. The molecule has 6 heteroatoms. The summed E-state index contributed by atoms with van der Waals surface area (Å²) in [6, 6.07) is 9.58. The van der Waals surface area contributed by atoms with Gasteiger partial charge < -0.3 is 19.1 Å². The summed E-state index contributed by atoms with van der Waals surface area (Å²) in [6.07, 6.45) is 7.35. The minimum Gasteiger partial charge on any atom is -0.493 e.